The highest BCUT2D eigenvalue weighted by molar-refractivity contribution is 6.35. The number of benzene rings is 5. The number of anilines is 1. The van der Waals surface area contributed by atoms with Crippen molar-refractivity contribution in [2.45, 2.75) is 0 Å². The smallest absolute Gasteiger partial charge is 0.335 e. The van der Waals surface area contributed by atoms with E-state index in [1.54, 1.807) is 50.6 Å². The van der Waals surface area contributed by atoms with Gasteiger partial charge in [0.2, 0.25) is 11.8 Å². The van der Waals surface area contributed by atoms with Crippen LogP contribution in [0.3, 0.4) is 0 Å². The molecular formula is C38H25N3O9. The van der Waals surface area contributed by atoms with Crippen molar-refractivity contribution in [3.8, 4) is 51.3 Å². The van der Waals surface area contributed by atoms with Crippen LogP contribution < -0.4 is 19.1 Å². The molecule has 0 aliphatic carbocycles. The van der Waals surface area contributed by atoms with Crippen molar-refractivity contribution in [1.29, 1.82) is 0 Å². The summed E-state index contributed by atoms with van der Waals surface area (Å²) in [4.78, 5) is 49.1. The van der Waals surface area contributed by atoms with Crippen LogP contribution in [0.1, 0.15) is 31.1 Å². The van der Waals surface area contributed by atoms with Gasteiger partial charge in [0.15, 0.2) is 11.2 Å². The first kappa shape index (κ1) is 30.4. The Bertz CT molecular complexity index is 2550. The zero-order chi connectivity index (χ0) is 34.7. The van der Waals surface area contributed by atoms with Gasteiger partial charge in [-0.3, -0.25) is 9.59 Å². The van der Waals surface area contributed by atoms with E-state index in [1.165, 1.54) is 25.3 Å². The van der Waals surface area contributed by atoms with Crippen molar-refractivity contribution >= 4 is 45.7 Å². The molecule has 0 saturated heterocycles. The summed E-state index contributed by atoms with van der Waals surface area (Å²) < 4.78 is 29.1. The summed E-state index contributed by atoms with van der Waals surface area (Å²) in [5.74, 6) is -0.447. The second-order valence-electron chi connectivity index (χ2n) is 11.3. The number of aromatic carboxylic acids is 1. The molecule has 12 nitrogen and oxygen atoms in total. The highest BCUT2D eigenvalue weighted by Crippen LogP contribution is 2.42. The molecule has 12 heteroatoms. The molecular weight excluding hydrogens is 642 g/mol. The van der Waals surface area contributed by atoms with Gasteiger partial charge >= 0.3 is 5.97 Å². The third kappa shape index (κ3) is 4.72. The minimum absolute atomic E-state index is 0.0145. The average Bonchev–Trinajstić information content (AvgIpc) is 3.84. The zero-order valence-electron chi connectivity index (χ0n) is 26.7. The van der Waals surface area contributed by atoms with E-state index in [1.807, 2.05) is 36.4 Å². The summed E-state index contributed by atoms with van der Waals surface area (Å²) in [6, 6.07) is 25.3. The first-order valence-corrected chi connectivity index (χ1v) is 15.3. The Labute approximate surface area is 283 Å². The van der Waals surface area contributed by atoms with Crippen molar-refractivity contribution in [1.82, 2.24) is 9.97 Å². The van der Waals surface area contributed by atoms with Gasteiger partial charge in [0.1, 0.15) is 28.3 Å². The Morgan fingerprint density at radius 3 is 2.16 bits per heavy atom. The molecule has 1 N–H and O–H groups in total. The Kier molecular flexibility index (Phi) is 7.07. The van der Waals surface area contributed by atoms with Crippen LogP contribution >= 0.6 is 0 Å². The van der Waals surface area contributed by atoms with Crippen LogP contribution in [0, 0.1) is 0 Å². The highest BCUT2D eigenvalue weighted by atomic mass is 16.5. The number of para-hydroxylation sites is 1. The molecule has 0 saturated carbocycles. The van der Waals surface area contributed by atoms with Crippen LogP contribution in [-0.2, 0) is 0 Å². The third-order valence-electron chi connectivity index (χ3n) is 8.55. The number of rotatable bonds is 8. The number of carbonyl (C=O) groups is 3. The van der Waals surface area contributed by atoms with Gasteiger partial charge in [-0.15, -0.1) is 0 Å². The predicted octanol–water partition coefficient (Wildman–Crippen LogP) is 7.49. The molecule has 0 fully saturated rings. The molecule has 0 radical (unpaired) electrons. The summed E-state index contributed by atoms with van der Waals surface area (Å²) in [7, 11) is 4.62. The van der Waals surface area contributed by atoms with Gasteiger partial charge in [-0.25, -0.2) is 19.7 Å². The standard InChI is InChI=1S/C38H25N3O9/c1-46-22-7-4-6-19(16-22)31-28(48-3)14-15-30-33(31)40-35(50-30)24-8-5-9-29-32(24)39-34(49-29)20-11-13-27(47-2)26(18-20)41-36(42)23-12-10-21(38(44)45)17-25(23)37(41)43/h4-18H,1-3H3,(H,44,45). The molecule has 2 aromatic heterocycles. The van der Waals surface area contributed by atoms with E-state index in [-0.39, 0.29) is 34.0 Å². The minimum Gasteiger partial charge on any atom is -0.497 e. The summed E-state index contributed by atoms with van der Waals surface area (Å²) in [5, 5.41) is 9.42. The molecule has 8 rings (SSSR count). The summed E-state index contributed by atoms with van der Waals surface area (Å²) in [6.07, 6.45) is 0. The van der Waals surface area contributed by atoms with E-state index in [0.717, 1.165) is 16.0 Å². The van der Waals surface area contributed by atoms with Crippen LogP contribution in [0.25, 0.3) is 56.2 Å². The summed E-state index contributed by atoms with van der Waals surface area (Å²) >= 11 is 0. The van der Waals surface area contributed by atoms with Gasteiger partial charge in [0.25, 0.3) is 11.8 Å². The van der Waals surface area contributed by atoms with Crippen LogP contribution in [-0.4, -0.2) is 54.2 Å². The number of carboxylic acid groups (broad SMARTS) is 1. The van der Waals surface area contributed by atoms with Crippen molar-refractivity contribution in [3.63, 3.8) is 0 Å². The predicted molar refractivity (Wildman–Crippen MR) is 182 cm³/mol. The molecule has 0 bridgehead atoms. The number of nitrogens with zero attached hydrogens (tertiary/aromatic N) is 3. The maximum atomic E-state index is 13.5. The highest BCUT2D eigenvalue weighted by Gasteiger charge is 2.39. The van der Waals surface area contributed by atoms with Gasteiger partial charge in [0.05, 0.1) is 54.8 Å². The Hall–Kier alpha value is -6.95. The fraction of sp³-hybridized carbons (Fsp3) is 0.0789. The Balaban J connectivity index is 1.21. The van der Waals surface area contributed by atoms with Gasteiger partial charge in [-0.05, 0) is 78.4 Å². The molecule has 7 aromatic rings. The average molecular weight is 668 g/mol. The largest absolute Gasteiger partial charge is 0.497 e. The quantitative estimate of drug-likeness (QED) is 0.160. The van der Waals surface area contributed by atoms with Crippen molar-refractivity contribution in [2.75, 3.05) is 26.2 Å². The van der Waals surface area contributed by atoms with E-state index in [2.05, 4.69) is 0 Å². The maximum absolute atomic E-state index is 13.5. The second-order valence-corrected chi connectivity index (χ2v) is 11.3. The fourth-order valence-corrected chi connectivity index (χ4v) is 6.15. The second kappa shape index (κ2) is 11.6. The molecule has 0 spiro atoms. The molecule has 3 heterocycles. The molecule has 246 valence electrons. The number of fused-ring (bicyclic) bond motifs is 3. The van der Waals surface area contributed by atoms with Crippen molar-refractivity contribution in [2.24, 2.45) is 0 Å². The first-order chi connectivity index (χ1) is 24.3. The topological polar surface area (TPSA) is 154 Å². The number of carbonyl (C=O) groups excluding carboxylic acids is 2. The van der Waals surface area contributed by atoms with Gasteiger partial charge < -0.3 is 28.2 Å². The number of amides is 2. The molecule has 1 aliphatic heterocycles. The lowest BCUT2D eigenvalue weighted by Crippen LogP contribution is -2.29. The normalized spacial score (nSPS) is 12.5. The fourth-order valence-electron chi connectivity index (χ4n) is 6.15. The number of hydrogen-bond donors (Lipinski definition) is 1. The Morgan fingerprint density at radius 2 is 1.38 bits per heavy atom. The molecule has 50 heavy (non-hydrogen) atoms. The number of aromatic nitrogens is 2. The lowest BCUT2D eigenvalue weighted by atomic mass is 10.0. The van der Waals surface area contributed by atoms with E-state index in [0.29, 0.717) is 50.7 Å². The third-order valence-corrected chi connectivity index (χ3v) is 8.55. The van der Waals surface area contributed by atoms with Crippen LogP contribution in [0.15, 0.2) is 99.8 Å². The van der Waals surface area contributed by atoms with E-state index in [4.69, 9.17) is 33.0 Å². The van der Waals surface area contributed by atoms with Gasteiger partial charge in [0, 0.05) is 5.56 Å². The van der Waals surface area contributed by atoms with Crippen LogP contribution in [0.2, 0.25) is 0 Å². The minimum atomic E-state index is -1.21. The molecule has 0 atom stereocenters. The molecule has 5 aromatic carbocycles. The van der Waals surface area contributed by atoms with Crippen molar-refractivity contribution in [3.05, 3.63) is 108 Å². The molecule has 0 unspecified atom stereocenters. The molecule has 2 amide bonds. The van der Waals surface area contributed by atoms with E-state index in [9.17, 15) is 19.5 Å². The summed E-state index contributed by atoms with van der Waals surface area (Å²) in [6.45, 7) is 0. The number of carboxylic acids is 1. The Morgan fingerprint density at radius 1 is 0.660 bits per heavy atom. The van der Waals surface area contributed by atoms with Crippen LogP contribution in [0.4, 0.5) is 5.69 Å². The monoisotopic (exact) mass is 667 g/mol. The van der Waals surface area contributed by atoms with Gasteiger partial charge in [-0.1, -0.05) is 18.2 Å². The van der Waals surface area contributed by atoms with Crippen LogP contribution in [0.5, 0.6) is 17.2 Å². The lowest BCUT2D eigenvalue weighted by Gasteiger charge is -2.18. The maximum Gasteiger partial charge on any atom is 0.335 e. The zero-order valence-corrected chi connectivity index (χ0v) is 26.7. The van der Waals surface area contributed by atoms with E-state index < -0.39 is 17.8 Å². The number of hydrogen-bond acceptors (Lipinski definition) is 10. The van der Waals surface area contributed by atoms with Gasteiger partial charge in [-0.2, -0.15) is 0 Å². The van der Waals surface area contributed by atoms with Crippen molar-refractivity contribution < 1.29 is 42.5 Å². The summed E-state index contributed by atoms with van der Waals surface area (Å²) in [5.41, 5.74) is 4.77. The number of ether oxygens (including phenoxy) is 3. The molecule has 1 aliphatic rings. The lowest BCUT2D eigenvalue weighted by molar-refractivity contribution is 0.0696. The number of oxazole rings is 2. The number of methoxy groups -OCH3 is 3. The number of imide groups is 1. The first-order valence-electron chi connectivity index (χ1n) is 15.3. The van der Waals surface area contributed by atoms with E-state index >= 15 is 0 Å². The SMILES string of the molecule is COc1cccc(-c2c(OC)ccc3oc(-c4cccc5oc(-c6ccc(OC)c(N7C(=O)c8ccc(C(=O)O)cc8C7=O)c6)nc45)nc23)c1.